The summed E-state index contributed by atoms with van der Waals surface area (Å²) in [5, 5.41) is 2.96. The molecule has 0 saturated carbocycles. The Balaban J connectivity index is 1.91. The Morgan fingerprint density at radius 3 is 2.90 bits per heavy atom. The summed E-state index contributed by atoms with van der Waals surface area (Å²) in [5.74, 6) is 1.57. The van der Waals surface area contributed by atoms with Gasteiger partial charge in [-0.15, -0.1) is 0 Å². The van der Waals surface area contributed by atoms with Crippen LogP contribution in [0.4, 0.5) is 5.13 Å². The van der Waals surface area contributed by atoms with Crippen LogP contribution in [-0.4, -0.2) is 21.0 Å². The smallest absolute Gasteiger partial charge is 0.250 e. The van der Waals surface area contributed by atoms with Crippen molar-refractivity contribution in [2.24, 2.45) is 0 Å². The van der Waals surface area contributed by atoms with Gasteiger partial charge in [-0.2, -0.15) is 4.37 Å². The highest BCUT2D eigenvalue weighted by Gasteiger charge is 2.08. The molecule has 6 nitrogen and oxygen atoms in total. The second kappa shape index (κ2) is 6.94. The summed E-state index contributed by atoms with van der Waals surface area (Å²) in [6.07, 6.45) is 3.94. The van der Waals surface area contributed by atoms with Crippen LogP contribution >= 0.6 is 11.5 Å². The summed E-state index contributed by atoms with van der Waals surface area (Å²) >= 11 is 1.05. The fourth-order valence-electron chi connectivity index (χ4n) is 1.58. The summed E-state index contributed by atoms with van der Waals surface area (Å²) in [6.45, 7) is 3.46. The zero-order valence-electron chi connectivity index (χ0n) is 11.8. The van der Waals surface area contributed by atoms with Crippen LogP contribution in [0.2, 0.25) is 0 Å². The van der Waals surface area contributed by atoms with Crippen LogP contribution in [0.5, 0.6) is 0 Å². The summed E-state index contributed by atoms with van der Waals surface area (Å²) in [7, 11) is 0. The van der Waals surface area contributed by atoms with E-state index in [0.29, 0.717) is 16.7 Å². The van der Waals surface area contributed by atoms with Gasteiger partial charge in [-0.3, -0.25) is 14.9 Å². The van der Waals surface area contributed by atoms with Crippen molar-refractivity contribution in [1.82, 2.24) is 9.36 Å². The highest BCUT2D eigenvalue weighted by molar-refractivity contribution is 7.09. The average Bonchev–Trinajstić information content (AvgIpc) is 3.05. The Hall–Kier alpha value is -2.28. The number of nitrogens with zero attached hydrogens (tertiary/aromatic N) is 2. The molecule has 0 aliphatic rings. The lowest BCUT2D eigenvalue weighted by molar-refractivity contribution is -0.116. The van der Waals surface area contributed by atoms with Crippen LogP contribution in [0.15, 0.2) is 22.6 Å². The van der Waals surface area contributed by atoms with Gasteiger partial charge in [0.25, 0.3) is 0 Å². The highest BCUT2D eigenvalue weighted by Crippen LogP contribution is 2.13. The third-order valence-corrected chi connectivity index (χ3v) is 3.20. The standard InChI is InChI=1S/C14H15N3O3S/c1-3-10-4-5-11(20-10)6-7-13(19)16-14-15-12(17-21-14)8-9(2)18/h4-7H,3,8H2,1-2H3,(H,15,16,17,19)/b7-6+. The van der Waals surface area contributed by atoms with Gasteiger partial charge in [0.05, 0.1) is 6.42 Å². The largest absolute Gasteiger partial charge is 0.462 e. The molecule has 2 aromatic heterocycles. The topological polar surface area (TPSA) is 85.1 Å². The number of aromatic nitrogens is 2. The monoisotopic (exact) mass is 305 g/mol. The van der Waals surface area contributed by atoms with Gasteiger partial charge >= 0.3 is 0 Å². The lowest BCUT2D eigenvalue weighted by atomic mass is 10.3. The predicted octanol–water partition coefficient (Wildman–Crippen LogP) is 2.48. The Labute approximate surface area is 126 Å². The third-order valence-electron chi connectivity index (χ3n) is 2.54. The maximum absolute atomic E-state index is 11.7. The van der Waals surface area contributed by atoms with Crippen LogP contribution in [0, 0.1) is 0 Å². The number of hydrogen-bond acceptors (Lipinski definition) is 6. The zero-order valence-corrected chi connectivity index (χ0v) is 12.6. The molecule has 0 aliphatic heterocycles. The average molecular weight is 305 g/mol. The molecule has 0 aromatic carbocycles. The maximum Gasteiger partial charge on any atom is 0.250 e. The fourth-order valence-corrected chi connectivity index (χ4v) is 2.17. The first-order chi connectivity index (χ1) is 10.1. The molecule has 2 heterocycles. The minimum absolute atomic E-state index is 0.0184. The van der Waals surface area contributed by atoms with Crippen molar-refractivity contribution in [2.75, 3.05) is 5.32 Å². The summed E-state index contributed by atoms with van der Waals surface area (Å²) in [5.41, 5.74) is 0. The van der Waals surface area contributed by atoms with Crippen molar-refractivity contribution in [3.63, 3.8) is 0 Å². The number of carbonyl (C=O) groups excluding carboxylic acids is 2. The molecule has 0 unspecified atom stereocenters. The van der Waals surface area contributed by atoms with Crippen LogP contribution in [0.3, 0.4) is 0 Å². The van der Waals surface area contributed by atoms with Gasteiger partial charge in [0.15, 0.2) is 5.82 Å². The van der Waals surface area contributed by atoms with Crippen molar-refractivity contribution >= 4 is 34.4 Å². The van der Waals surface area contributed by atoms with Crippen molar-refractivity contribution < 1.29 is 14.0 Å². The number of aryl methyl sites for hydroxylation is 1. The van der Waals surface area contributed by atoms with E-state index in [1.807, 2.05) is 13.0 Å². The van der Waals surface area contributed by atoms with E-state index in [4.69, 9.17) is 4.42 Å². The van der Waals surface area contributed by atoms with Gasteiger partial charge in [-0.05, 0) is 25.1 Å². The number of furan rings is 1. The molecular weight excluding hydrogens is 290 g/mol. The lowest BCUT2D eigenvalue weighted by Crippen LogP contribution is -2.07. The number of anilines is 1. The molecule has 1 amide bonds. The molecule has 0 fully saturated rings. The molecule has 0 aliphatic carbocycles. The van der Waals surface area contributed by atoms with E-state index in [2.05, 4.69) is 14.7 Å². The van der Waals surface area contributed by atoms with Gasteiger partial charge in [0.1, 0.15) is 17.3 Å². The normalized spacial score (nSPS) is 11.0. The number of nitrogens with one attached hydrogen (secondary N) is 1. The van der Waals surface area contributed by atoms with E-state index in [1.54, 1.807) is 12.1 Å². The van der Waals surface area contributed by atoms with Crippen LogP contribution in [-0.2, 0) is 22.4 Å². The van der Waals surface area contributed by atoms with Crippen molar-refractivity contribution in [3.05, 3.63) is 35.6 Å². The van der Waals surface area contributed by atoms with E-state index >= 15 is 0 Å². The van der Waals surface area contributed by atoms with Gasteiger partial charge < -0.3 is 4.42 Å². The molecule has 7 heteroatoms. The van der Waals surface area contributed by atoms with Gasteiger partial charge in [-0.1, -0.05) is 6.92 Å². The summed E-state index contributed by atoms with van der Waals surface area (Å²) in [6, 6.07) is 3.68. The molecule has 110 valence electrons. The van der Waals surface area contributed by atoms with Crippen molar-refractivity contribution in [1.29, 1.82) is 0 Å². The molecule has 2 aromatic rings. The molecule has 1 N–H and O–H groups in total. The maximum atomic E-state index is 11.7. The van der Waals surface area contributed by atoms with Crippen molar-refractivity contribution in [2.45, 2.75) is 26.7 Å². The van der Waals surface area contributed by atoms with E-state index in [-0.39, 0.29) is 18.1 Å². The van der Waals surface area contributed by atoms with E-state index in [0.717, 1.165) is 23.7 Å². The van der Waals surface area contributed by atoms with E-state index in [9.17, 15) is 9.59 Å². The second-order valence-corrected chi connectivity index (χ2v) is 5.13. The zero-order chi connectivity index (χ0) is 15.2. The molecule has 0 bridgehead atoms. The Morgan fingerprint density at radius 1 is 1.43 bits per heavy atom. The molecule has 2 rings (SSSR count). The Kier molecular flexibility index (Phi) is 4.99. The van der Waals surface area contributed by atoms with Crippen molar-refractivity contribution in [3.8, 4) is 0 Å². The summed E-state index contributed by atoms with van der Waals surface area (Å²) < 4.78 is 9.45. The molecular formula is C14H15N3O3S. The Bertz CT molecular complexity index is 673. The van der Waals surface area contributed by atoms with Crippen LogP contribution < -0.4 is 5.32 Å². The molecule has 0 spiro atoms. The van der Waals surface area contributed by atoms with Gasteiger partial charge in [-0.25, -0.2) is 4.98 Å². The van der Waals surface area contributed by atoms with E-state index < -0.39 is 0 Å². The van der Waals surface area contributed by atoms with Crippen LogP contribution in [0.1, 0.15) is 31.2 Å². The number of Topliss-reactive ketones (excluding diaryl/α,β-unsaturated/α-hetero) is 1. The first kappa shape index (κ1) is 15.1. The summed E-state index contributed by atoms with van der Waals surface area (Å²) in [4.78, 5) is 26.7. The van der Waals surface area contributed by atoms with Gasteiger partial charge in [0, 0.05) is 24.0 Å². The fraction of sp³-hybridized carbons (Fsp3) is 0.286. The minimum atomic E-state index is -0.324. The highest BCUT2D eigenvalue weighted by atomic mass is 32.1. The predicted molar refractivity (Wildman–Crippen MR) is 80.0 cm³/mol. The molecule has 21 heavy (non-hydrogen) atoms. The van der Waals surface area contributed by atoms with Gasteiger partial charge in [0.2, 0.25) is 11.0 Å². The minimum Gasteiger partial charge on any atom is -0.462 e. The second-order valence-electron chi connectivity index (χ2n) is 4.37. The number of carbonyl (C=O) groups is 2. The third kappa shape index (κ3) is 4.64. The Morgan fingerprint density at radius 2 is 2.24 bits per heavy atom. The number of hydrogen-bond donors (Lipinski definition) is 1. The van der Waals surface area contributed by atoms with E-state index in [1.165, 1.54) is 13.0 Å². The SMILES string of the molecule is CCc1ccc(/C=C/C(=O)Nc2nc(CC(C)=O)ns2)o1. The molecule has 0 saturated heterocycles. The van der Waals surface area contributed by atoms with Crippen LogP contribution in [0.25, 0.3) is 6.08 Å². The molecule has 0 radical (unpaired) electrons. The first-order valence-electron chi connectivity index (χ1n) is 6.46. The molecule has 0 atom stereocenters. The number of ketones is 1. The first-order valence-corrected chi connectivity index (χ1v) is 7.24. The number of rotatable bonds is 6. The quantitative estimate of drug-likeness (QED) is 0.829. The lowest BCUT2D eigenvalue weighted by Gasteiger charge is -1.94. The number of amides is 1.